The summed E-state index contributed by atoms with van der Waals surface area (Å²) in [6.45, 7) is 10.8. The first-order valence-corrected chi connectivity index (χ1v) is 7.01. The van der Waals surface area contributed by atoms with Gasteiger partial charge in [0.05, 0.1) is 0 Å². The molecule has 0 aliphatic heterocycles. The van der Waals surface area contributed by atoms with Gasteiger partial charge in [-0.05, 0) is 32.8 Å². The summed E-state index contributed by atoms with van der Waals surface area (Å²) >= 11 is 0. The maximum atomic E-state index is 6.38. The molecule has 0 bridgehead atoms. The molecule has 0 aromatic heterocycles. The molecule has 0 saturated carbocycles. The molecule has 2 nitrogen and oxygen atoms in total. The minimum Gasteiger partial charge on any atom is -0.324 e. The van der Waals surface area contributed by atoms with Crippen molar-refractivity contribution in [2.24, 2.45) is 5.73 Å². The average Bonchev–Trinajstić information content (AvgIpc) is 2.29. The molecule has 0 radical (unpaired) electrons. The van der Waals surface area contributed by atoms with Crippen molar-refractivity contribution in [1.82, 2.24) is 4.90 Å². The highest BCUT2D eigenvalue weighted by Gasteiger charge is 2.23. The lowest BCUT2D eigenvalue weighted by molar-refractivity contribution is 0.163. The van der Waals surface area contributed by atoms with E-state index < -0.39 is 0 Å². The highest BCUT2D eigenvalue weighted by Crippen LogP contribution is 2.15. The van der Waals surface area contributed by atoms with Crippen LogP contribution in [-0.2, 0) is 6.54 Å². The van der Waals surface area contributed by atoms with Gasteiger partial charge in [0.15, 0.2) is 0 Å². The highest BCUT2D eigenvalue weighted by atomic mass is 15.2. The molecule has 1 aromatic carbocycles. The molecule has 1 rings (SSSR count). The molecule has 0 fully saturated rings. The van der Waals surface area contributed by atoms with Crippen molar-refractivity contribution < 1.29 is 0 Å². The lowest BCUT2D eigenvalue weighted by atomic mass is 9.96. The molecular formula is C16H28N2. The first kappa shape index (κ1) is 15.2. The Bertz CT molecular complexity index is 330. The van der Waals surface area contributed by atoms with Crippen LogP contribution in [0.2, 0.25) is 0 Å². The first-order valence-electron chi connectivity index (χ1n) is 7.01. The molecule has 1 atom stereocenters. The zero-order valence-electron chi connectivity index (χ0n) is 12.3. The van der Waals surface area contributed by atoms with Crippen LogP contribution in [0.5, 0.6) is 0 Å². The summed E-state index contributed by atoms with van der Waals surface area (Å²) in [5, 5.41) is 0. The zero-order chi connectivity index (χ0) is 13.6. The van der Waals surface area contributed by atoms with Gasteiger partial charge >= 0.3 is 0 Å². The molecule has 1 unspecified atom stereocenters. The van der Waals surface area contributed by atoms with Crippen LogP contribution in [0, 0.1) is 0 Å². The van der Waals surface area contributed by atoms with Crippen LogP contribution in [0.15, 0.2) is 30.3 Å². The monoisotopic (exact) mass is 248 g/mol. The van der Waals surface area contributed by atoms with Crippen molar-refractivity contribution >= 4 is 0 Å². The van der Waals surface area contributed by atoms with Crippen molar-refractivity contribution in [3.8, 4) is 0 Å². The molecule has 0 heterocycles. The molecule has 0 spiro atoms. The fraction of sp³-hybridized carbons (Fsp3) is 0.625. The van der Waals surface area contributed by atoms with Crippen molar-refractivity contribution in [2.75, 3.05) is 6.54 Å². The van der Waals surface area contributed by atoms with E-state index in [1.165, 1.54) is 5.56 Å². The molecule has 0 amide bonds. The van der Waals surface area contributed by atoms with E-state index in [2.05, 4.69) is 62.9 Å². The van der Waals surface area contributed by atoms with Gasteiger partial charge in [-0.3, -0.25) is 4.90 Å². The maximum absolute atomic E-state index is 6.38. The lowest BCUT2D eigenvalue weighted by Crippen LogP contribution is -2.49. The minimum absolute atomic E-state index is 0.0895. The lowest BCUT2D eigenvalue weighted by Gasteiger charge is -2.35. The number of rotatable bonds is 7. The third-order valence-electron chi connectivity index (χ3n) is 3.34. The largest absolute Gasteiger partial charge is 0.324 e. The number of benzene rings is 1. The Kier molecular flexibility index (Phi) is 5.83. The molecule has 1 aromatic rings. The Morgan fingerprint density at radius 3 is 2.33 bits per heavy atom. The quantitative estimate of drug-likeness (QED) is 0.801. The van der Waals surface area contributed by atoms with E-state index in [-0.39, 0.29) is 5.54 Å². The summed E-state index contributed by atoms with van der Waals surface area (Å²) in [7, 11) is 0. The standard InChI is InChI=1S/C16H28N2/c1-5-11-16(4,17)13-18(14(2)3)12-15-9-7-6-8-10-15/h6-10,14H,5,11-13,17H2,1-4H3. The topological polar surface area (TPSA) is 29.3 Å². The van der Waals surface area contributed by atoms with Gasteiger partial charge < -0.3 is 5.73 Å². The Morgan fingerprint density at radius 2 is 1.83 bits per heavy atom. The van der Waals surface area contributed by atoms with Crippen molar-refractivity contribution in [1.29, 1.82) is 0 Å². The van der Waals surface area contributed by atoms with Gasteiger partial charge in [-0.1, -0.05) is 43.7 Å². The normalized spacial score (nSPS) is 15.1. The maximum Gasteiger partial charge on any atom is 0.0254 e. The second-order valence-electron chi connectivity index (χ2n) is 5.89. The van der Waals surface area contributed by atoms with Gasteiger partial charge in [0.1, 0.15) is 0 Å². The van der Waals surface area contributed by atoms with E-state index in [0.29, 0.717) is 6.04 Å². The van der Waals surface area contributed by atoms with Crippen molar-refractivity contribution in [3.05, 3.63) is 35.9 Å². The van der Waals surface area contributed by atoms with E-state index in [4.69, 9.17) is 5.73 Å². The van der Waals surface area contributed by atoms with Gasteiger partial charge in [0, 0.05) is 24.7 Å². The van der Waals surface area contributed by atoms with E-state index in [9.17, 15) is 0 Å². The van der Waals surface area contributed by atoms with Crippen LogP contribution in [-0.4, -0.2) is 23.0 Å². The number of nitrogens with two attached hydrogens (primary N) is 1. The third kappa shape index (κ3) is 5.19. The number of nitrogens with zero attached hydrogens (tertiary/aromatic N) is 1. The van der Waals surface area contributed by atoms with Gasteiger partial charge in [-0.25, -0.2) is 0 Å². The molecule has 0 aliphatic rings. The Morgan fingerprint density at radius 1 is 1.22 bits per heavy atom. The van der Waals surface area contributed by atoms with Crippen LogP contribution < -0.4 is 5.73 Å². The summed E-state index contributed by atoms with van der Waals surface area (Å²) in [5.74, 6) is 0. The molecule has 2 heteroatoms. The predicted molar refractivity (Wildman–Crippen MR) is 79.5 cm³/mol. The van der Waals surface area contributed by atoms with Crippen LogP contribution in [0.25, 0.3) is 0 Å². The molecule has 2 N–H and O–H groups in total. The fourth-order valence-corrected chi connectivity index (χ4v) is 2.35. The Balaban J connectivity index is 2.66. The first-order chi connectivity index (χ1) is 8.44. The smallest absolute Gasteiger partial charge is 0.0254 e. The molecule has 18 heavy (non-hydrogen) atoms. The van der Waals surface area contributed by atoms with E-state index in [1.807, 2.05) is 0 Å². The second-order valence-corrected chi connectivity index (χ2v) is 5.89. The Labute approximate surface area is 112 Å². The van der Waals surface area contributed by atoms with Gasteiger partial charge in [-0.2, -0.15) is 0 Å². The van der Waals surface area contributed by atoms with E-state index in [0.717, 1.165) is 25.9 Å². The van der Waals surface area contributed by atoms with Gasteiger partial charge in [-0.15, -0.1) is 0 Å². The minimum atomic E-state index is -0.0895. The SMILES string of the molecule is CCCC(C)(N)CN(Cc1ccccc1)C(C)C. The van der Waals surface area contributed by atoms with Crippen LogP contribution >= 0.6 is 0 Å². The summed E-state index contributed by atoms with van der Waals surface area (Å²) in [4.78, 5) is 2.46. The summed E-state index contributed by atoms with van der Waals surface area (Å²) in [6.07, 6.45) is 2.22. The molecule has 102 valence electrons. The van der Waals surface area contributed by atoms with Crippen LogP contribution in [0.3, 0.4) is 0 Å². The third-order valence-corrected chi connectivity index (χ3v) is 3.34. The van der Waals surface area contributed by atoms with E-state index >= 15 is 0 Å². The molecule has 0 saturated heterocycles. The van der Waals surface area contributed by atoms with Crippen LogP contribution in [0.4, 0.5) is 0 Å². The van der Waals surface area contributed by atoms with Crippen molar-refractivity contribution in [2.45, 2.75) is 58.7 Å². The molecule has 0 aliphatic carbocycles. The van der Waals surface area contributed by atoms with Gasteiger partial charge in [0.25, 0.3) is 0 Å². The summed E-state index contributed by atoms with van der Waals surface area (Å²) in [5.41, 5.74) is 7.65. The highest BCUT2D eigenvalue weighted by molar-refractivity contribution is 5.14. The average molecular weight is 248 g/mol. The summed E-state index contributed by atoms with van der Waals surface area (Å²) in [6, 6.07) is 11.1. The van der Waals surface area contributed by atoms with Crippen LogP contribution in [0.1, 0.15) is 46.1 Å². The van der Waals surface area contributed by atoms with Crippen molar-refractivity contribution in [3.63, 3.8) is 0 Å². The number of hydrogen-bond donors (Lipinski definition) is 1. The predicted octanol–water partition coefficient (Wildman–Crippen LogP) is 3.41. The fourth-order valence-electron chi connectivity index (χ4n) is 2.35. The summed E-state index contributed by atoms with van der Waals surface area (Å²) < 4.78 is 0. The zero-order valence-corrected chi connectivity index (χ0v) is 12.3. The molecular weight excluding hydrogens is 220 g/mol. The van der Waals surface area contributed by atoms with Gasteiger partial charge in [0.2, 0.25) is 0 Å². The second kappa shape index (κ2) is 6.91. The Hall–Kier alpha value is -0.860. The van der Waals surface area contributed by atoms with E-state index in [1.54, 1.807) is 0 Å². The number of hydrogen-bond acceptors (Lipinski definition) is 2.